The van der Waals surface area contributed by atoms with E-state index in [0.29, 0.717) is 0 Å². The van der Waals surface area contributed by atoms with Crippen molar-refractivity contribution in [2.24, 2.45) is 0 Å². The Morgan fingerprint density at radius 2 is 1.86 bits per heavy atom. The molecule has 1 rings (SSSR count). The Kier molecular flexibility index (Phi) is 3.70. The number of rotatable bonds is 3. The Balaban J connectivity index is 2.91. The molecule has 0 unspecified atom stereocenters. The van der Waals surface area contributed by atoms with Crippen LogP contribution in [0.1, 0.15) is 23.6 Å². The van der Waals surface area contributed by atoms with Gasteiger partial charge in [0.15, 0.2) is 0 Å². The van der Waals surface area contributed by atoms with Crippen molar-refractivity contribution in [3.63, 3.8) is 0 Å². The molecule has 0 bridgehead atoms. The van der Waals surface area contributed by atoms with Crippen molar-refractivity contribution in [3.8, 4) is 0 Å². The van der Waals surface area contributed by atoms with Crippen LogP contribution in [0.3, 0.4) is 0 Å². The molecule has 0 saturated carbocycles. The second-order valence-electron chi connectivity index (χ2n) is 3.71. The molecule has 0 aromatic heterocycles. The first-order chi connectivity index (χ1) is 6.65. The zero-order valence-electron chi connectivity index (χ0n) is 9.30. The average Bonchev–Trinajstić information content (AvgIpc) is 2.12. The van der Waals surface area contributed by atoms with E-state index >= 15 is 0 Å². The summed E-state index contributed by atoms with van der Waals surface area (Å²) < 4.78 is 0. The highest BCUT2D eigenvalue weighted by Gasteiger charge is 2.01. The molecule has 0 heterocycles. The quantitative estimate of drug-likeness (QED) is 0.626. The maximum atomic E-state index is 4.04. The van der Waals surface area contributed by atoms with Crippen molar-refractivity contribution in [2.75, 3.05) is 0 Å². The van der Waals surface area contributed by atoms with Gasteiger partial charge in [-0.2, -0.15) is 0 Å². The summed E-state index contributed by atoms with van der Waals surface area (Å²) >= 11 is 0. The van der Waals surface area contributed by atoms with Gasteiger partial charge in [-0.25, -0.2) is 0 Å². The van der Waals surface area contributed by atoms with Crippen LogP contribution >= 0.6 is 0 Å². The van der Waals surface area contributed by atoms with Gasteiger partial charge in [0.1, 0.15) is 0 Å². The van der Waals surface area contributed by atoms with E-state index in [2.05, 4.69) is 44.7 Å². The maximum Gasteiger partial charge on any atom is -0.00265 e. The van der Waals surface area contributed by atoms with Crippen LogP contribution in [0.15, 0.2) is 42.5 Å². The van der Waals surface area contributed by atoms with Gasteiger partial charge in [-0.05, 0) is 43.9 Å². The lowest BCUT2D eigenvalue weighted by Gasteiger charge is -2.09. The SMILES string of the molecule is C=C(/C=C\C)Cc1c(C)cccc1C. The molecule has 0 aliphatic rings. The Bertz CT molecular complexity index is 336. The van der Waals surface area contributed by atoms with Gasteiger partial charge in [0.25, 0.3) is 0 Å². The minimum atomic E-state index is 0.961. The lowest BCUT2D eigenvalue weighted by Crippen LogP contribution is -1.94. The molecule has 0 heteroatoms. The summed E-state index contributed by atoms with van der Waals surface area (Å²) in [5.74, 6) is 0. The molecule has 1 aromatic rings. The third-order valence-electron chi connectivity index (χ3n) is 2.45. The summed E-state index contributed by atoms with van der Waals surface area (Å²) in [7, 11) is 0. The molecule has 0 amide bonds. The summed E-state index contributed by atoms with van der Waals surface area (Å²) in [5, 5.41) is 0. The lowest BCUT2D eigenvalue weighted by molar-refractivity contribution is 1.13. The molecular formula is C14H18. The van der Waals surface area contributed by atoms with Crippen LogP contribution in [0.5, 0.6) is 0 Å². The fourth-order valence-corrected chi connectivity index (χ4v) is 1.65. The van der Waals surface area contributed by atoms with E-state index in [-0.39, 0.29) is 0 Å². The summed E-state index contributed by atoms with van der Waals surface area (Å²) in [4.78, 5) is 0. The fourth-order valence-electron chi connectivity index (χ4n) is 1.65. The van der Waals surface area contributed by atoms with Gasteiger partial charge >= 0.3 is 0 Å². The van der Waals surface area contributed by atoms with E-state index in [9.17, 15) is 0 Å². The Morgan fingerprint density at radius 3 is 2.36 bits per heavy atom. The molecule has 14 heavy (non-hydrogen) atoms. The maximum absolute atomic E-state index is 4.04. The first kappa shape index (κ1) is 10.8. The van der Waals surface area contributed by atoms with Crippen LogP contribution in [-0.4, -0.2) is 0 Å². The van der Waals surface area contributed by atoms with Gasteiger partial charge in [0.05, 0.1) is 0 Å². The molecular weight excluding hydrogens is 168 g/mol. The van der Waals surface area contributed by atoms with Crippen molar-refractivity contribution in [3.05, 3.63) is 59.2 Å². The number of aryl methyl sites for hydroxylation is 2. The van der Waals surface area contributed by atoms with Crippen LogP contribution in [0.25, 0.3) is 0 Å². The lowest BCUT2D eigenvalue weighted by atomic mass is 9.97. The monoisotopic (exact) mass is 186 g/mol. The molecule has 0 spiro atoms. The second kappa shape index (κ2) is 4.80. The zero-order chi connectivity index (χ0) is 10.6. The van der Waals surface area contributed by atoms with E-state index in [1.807, 2.05) is 13.0 Å². The van der Waals surface area contributed by atoms with Gasteiger partial charge in [0, 0.05) is 0 Å². The van der Waals surface area contributed by atoms with E-state index in [4.69, 9.17) is 0 Å². The molecule has 0 N–H and O–H groups in total. The number of hydrogen-bond donors (Lipinski definition) is 0. The van der Waals surface area contributed by atoms with Crippen molar-refractivity contribution >= 4 is 0 Å². The molecule has 0 aliphatic heterocycles. The minimum absolute atomic E-state index is 0.961. The van der Waals surface area contributed by atoms with E-state index in [1.165, 1.54) is 22.3 Å². The third kappa shape index (κ3) is 2.59. The molecule has 0 fully saturated rings. The number of hydrogen-bond acceptors (Lipinski definition) is 0. The van der Waals surface area contributed by atoms with Crippen LogP contribution in [0, 0.1) is 13.8 Å². The standard InChI is InChI=1S/C14H18/c1-5-7-11(2)10-14-12(3)8-6-9-13(14)4/h5-9H,2,10H2,1,3-4H3/b7-5-. The van der Waals surface area contributed by atoms with Crippen LogP contribution < -0.4 is 0 Å². The average molecular weight is 186 g/mol. The van der Waals surface area contributed by atoms with Crippen LogP contribution in [0.2, 0.25) is 0 Å². The third-order valence-corrected chi connectivity index (χ3v) is 2.45. The smallest absolute Gasteiger partial charge is 0.00265 e. The van der Waals surface area contributed by atoms with E-state index in [1.54, 1.807) is 0 Å². The highest BCUT2D eigenvalue weighted by Crippen LogP contribution is 2.17. The van der Waals surface area contributed by atoms with Crippen molar-refractivity contribution < 1.29 is 0 Å². The van der Waals surface area contributed by atoms with Crippen LogP contribution in [-0.2, 0) is 6.42 Å². The zero-order valence-corrected chi connectivity index (χ0v) is 9.30. The largest absolute Gasteiger partial charge is 0.0955 e. The van der Waals surface area contributed by atoms with Gasteiger partial charge in [-0.15, -0.1) is 0 Å². The summed E-state index contributed by atoms with van der Waals surface area (Å²) in [6, 6.07) is 6.42. The van der Waals surface area contributed by atoms with Crippen LogP contribution in [0.4, 0.5) is 0 Å². The Labute approximate surface area is 87.0 Å². The highest BCUT2D eigenvalue weighted by molar-refractivity contribution is 5.38. The van der Waals surface area contributed by atoms with Crippen molar-refractivity contribution in [1.82, 2.24) is 0 Å². The van der Waals surface area contributed by atoms with Crippen molar-refractivity contribution in [1.29, 1.82) is 0 Å². The number of allylic oxidation sites excluding steroid dienone is 3. The fraction of sp³-hybridized carbons (Fsp3) is 0.286. The predicted molar refractivity (Wildman–Crippen MR) is 63.6 cm³/mol. The molecule has 0 saturated heterocycles. The summed E-state index contributed by atoms with van der Waals surface area (Å²) in [6.45, 7) is 10.4. The predicted octanol–water partition coefficient (Wildman–Crippen LogP) is 3.98. The molecule has 1 aromatic carbocycles. The first-order valence-corrected chi connectivity index (χ1v) is 5.00. The Morgan fingerprint density at radius 1 is 1.29 bits per heavy atom. The second-order valence-corrected chi connectivity index (χ2v) is 3.71. The molecule has 0 radical (unpaired) electrons. The van der Waals surface area contributed by atoms with Gasteiger partial charge in [-0.3, -0.25) is 0 Å². The van der Waals surface area contributed by atoms with Crippen molar-refractivity contribution in [2.45, 2.75) is 27.2 Å². The minimum Gasteiger partial charge on any atom is -0.0955 e. The van der Waals surface area contributed by atoms with E-state index < -0.39 is 0 Å². The number of benzene rings is 1. The Hall–Kier alpha value is -1.30. The highest BCUT2D eigenvalue weighted by atomic mass is 14.1. The molecule has 0 aliphatic carbocycles. The first-order valence-electron chi connectivity index (χ1n) is 5.00. The molecule has 0 atom stereocenters. The van der Waals surface area contributed by atoms with Gasteiger partial charge in [-0.1, -0.05) is 42.5 Å². The van der Waals surface area contributed by atoms with E-state index in [0.717, 1.165) is 6.42 Å². The van der Waals surface area contributed by atoms with Gasteiger partial charge < -0.3 is 0 Å². The molecule has 0 nitrogen and oxygen atoms in total. The summed E-state index contributed by atoms with van der Waals surface area (Å²) in [6.07, 6.45) is 5.07. The summed E-state index contributed by atoms with van der Waals surface area (Å²) in [5.41, 5.74) is 5.30. The normalized spacial score (nSPS) is 10.8. The topological polar surface area (TPSA) is 0 Å². The molecule has 74 valence electrons. The van der Waals surface area contributed by atoms with Gasteiger partial charge in [0.2, 0.25) is 0 Å².